The Morgan fingerprint density at radius 1 is 1.19 bits per heavy atom. The zero-order chi connectivity index (χ0) is 26.8. The van der Waals surface area contributed by atoms with Gasteiger partial charge < -0.3 is 31.1 Å². The van der Waals surface area contributed by atoms with Crippen LogP contribution >= 0.6 is 0 Å². The number of nitrogens with zero attached hydrogens (tertiary/aromatic N) is 1. The van der Waals surface area contributed by atoms with Crippen molar-refractivity contribution in [1.82, 2.24) is 10.2 Å². The van der Waals surface area contributed by atoms with Crippen LogP contribution in [0.25, 0.3) is 0 Å². The van der Waals surface area contributed by atoms with Crippen molar-refractivity contribution < 1.29 is 24.2 Å². The number of carboxylic acids is 1. The van der Waals surface area contributed by atoms with Gasteiger partial charge >= 0.3 is 5.97 Å². The van der Waals surface area contributed by atoms with E-state index >= 15 is 0 Å². The second-order valence-corrected chi connectivity index (χ2v) is 9.15. The van der Waals surface area contributed by atoms with Crippen LogP contribution in [0.4, 0.5) is 5.69 Å². The van der Waals surface area contributed by atoms with E-state index in [0.717, 1.165) is 12.8 Å². The van der Waals surface area contributed by atoms with Crippen LogP contribution in [0.1, 0.15) is 38.2 Å². The van der Waals surface area contributed by atoms with Gasteiger partial charge in [-0.3, -0.25) is 19.8 Å². The molecule has 2 aromatic rings. The van der Waals surface area contributed by atoms with Gasteiger partial charge in [-0.2, -0.15) is 0 Å². The number of aryl methyl sites for hydroxylation is 1. The van der Waals surface area contributed by atoms with E-state index in [1.165, 1.54) is 5.56 Å². The molecule has 1 heterocycles. The molecule has 2 amide bonds. The molecule has 6 N–H and O–H groups in total. The predicted molar refractivity (Wildman–Crippen MR) is 140 cm³/mol. The summed E-state index contributed by atoms with van der Waals surface area (Å²) in [5.41, 5.74) is 7.09. The number of guanidine groups is 1. The fourth-order valence-corrected chi connectivity index (χ4v) is 4.50. The molecule has 0 radical (unpaired) electrons. The summed E-state index contributed by atoms with van der Waals surface area (Å²) in [6, 6.07) is 16.1. The van der Waals surface area contributed by atoms with Gasteiger partial charge in [-0.15, -0.1) is 0 Å². The van der Waals surface area contributed by atoms with E-state index in [1.807, 2.05) is 37.3 Å². The maximum atomic E-state index is 12.9. The number of hydrogen-bond donors (Lipinski definition) is 5. The zero-order valence-electron chi connectivity index (χ0n) is 21.0. The van der Waals surface area contributed by atoms with Gasteiger partial charge in [0.1, 0.15) is 18.4 Å². The van der Waals surface area contributed by atoms with Crippen LogP contribution in [-0.4, -0.2) is 59.0 Å². The number of likely N-dealkylation sites (tertiary alicyclic amines) is 1. The number of rotatable bonds is 13. The Labute approximate surface area is 216 Å². The summed E-state index contributed by atoms with van der Waals surface area (Å²) in [5, 5.41) is 21.9. The molecule has 0 aliphatic carbocycles. The maximum Gasteiger partial charge on any atom is 0.304 e. The zero-order valence-corrected chi connectivity index (χ0v) is 21.0. The van der Waals surface area contributed by atoms with Crippen molar-refractivity contribution in [2.45, 2.75) is 51.1 Å². The minimum atomic E-state index is -0.981. The largest absolute Gasteiger partial charge is 0.491 e. The molecule has 3 atom stereocenters. The Kier molecular flexibility index (Phi) is 9.88. The van der Waals surface area contributed by atoms with Crippen LogP contribution in [0.2, 0.25) is 0 Å². The van der Waals surface area contributed by atoms with Crippen molar-refractivity contribution in [3.8, 4) is 5.75 Å². The van der Waals surface area contributed by atoms with Gasteiger partial charge in [0.15, 0.2) is 5.96 Å². The quantitative estimate of drug-likeness (QED) is 0.205. The van der Waals surface area contributed by atoms with Gasteiger partial charge in [0.2, 0.25) is 11.8 Å². The van der Waals surface area contributed by atoms with Gasteiger partial charge in [0.05, 0.1) is 18.4 Å². The second kappa shape index (κ2) is 13.3. The van der Waals surface area contributed by atoms with E-state index in [0.29, 0.717) is 30.8 Å². The lowest BCUT2D eigenvalue weighted by Gasteiger charge is -2.25. The molecule has 0 bridgehead atoms. The molecular weight excluding hydrogens is 474 g/mol. The molecule has 198 valence electrons. The number of benzene rings is 2. The summed E-state index contributed by atoms with van der Waals surface area (Å²) in [6.07, 6.45) is 2.33. The van der Waals surface area contributed by atoms with Crippen molar-refractivity contribution in [2.24, 2.45) is 11.7 Å². The highest BCUT2D eigenvalue weighted by Crippen LogP contribution is 2.29. The molecule has 1 aliphatic heterocycles. The Morgan fingerprint density at radius 3 is 2.51 bits per heavy atom. The summed E-state index contributed by atoms with van der Waals surface area (Å²) in [4.78, 5) is 38.3. The molecule has 0 aromatic heterocycles. The normalized spacial score (nSPS) is 17.8. The third-order valence-electron chi connectivity index (χ3n) is 6.38. The van der Waals surface area contributed by atoms with Crippen molar-refractivity contribution in [1.29, 1.82) is 5.41 Å². The number of hydrogen-bond acceptors (Lipinski definition) is 5. The molecule has 10 heteroatoms. The van der Waals surface area contributed by atoms with Crippen molar-refractivity contribution >= 4 is 29.4 Å². The van der Waals surface area contributed by atoms with E-state index in [9.17, 15) is 19.5 Å². The Morgan fingerprint density at radius 2 is 1.89 bits per heavy atom. The molecule has 1 fully saturated rings. The van der Waals surface area contributed by atoms with E-state index in [4.69, 9.17) is 15.9 Å². The predicted octanol–water partition coefficient (Wildman–Crippen LogP) is 2.59. The summed E-state index contributed by atoms with van der Waals surface area (Å²) >= 11 is 0. The SMILES string of the molecule is CCC(NC(=N)N)C(=O)Nc1ccc(OC[C@@H]2C[C@@H](CC(=O)O)C(=O)N2CCCc2ccccc2)cc1. The maximum absolute atomic E-state index is 12.9. The van der Waals surface area contributed by atoms with Gasteiger partial charge in [0.25, 0.3) is 0 Å². The van der Waals surface area contributed by atoms with Crippen LogP contribution in [-0.2, 0) is 20.8 Å². The van der Waals surface area contributed by atoms with E-state index in [2.05, 4.69) is 10.6 Å². The van der Waals surface area contributed by atoms with Crippen LogP contribution in [0.5, 0.6) is 5.75 Å². The van der Waals surface area contributed by atoms with Gasteiger partial charge in [-0.1, -0.05) is 37.3 Å². The number of amides is 2. The summed E-state index contributed by atoms with van der Waals surface area (Å²) < 4.78 is 5.96. The number of carbonyl (C=O) groups is 3. The highest BCUT2D eigenvalue weighted by atomic mass is 16.5. The van der Waals surface area contributed by atoms with Crippen LogP contribution in [0, 0.1) is 11.3 Å². The molecule has 1 unspecified atom stereocenters. The van der Waals surface area contributed by atoms with E-state index in [-0.39, 0.29) is 36.8 Å². The average Bonchev–Trinajstić information content (AvgIpc) is 3.16. The molecule has 3 rings (SSSR count). The molecule has 1 aliphatic rings. The van der Waals surface area contributed by atoms with E-state index < -0.39 is 17.9 Å². The average molecular weight is 510 g/mol. The first kappa shape index (κ1) is 27.5. The Balaban J connectivity index is 1.57. The molecule has 0 spiro atoms. The number of aliphatic carboxylic acids is 1. The minimum Gasteiger partial charge on any atom is -0.491 e. The Hall–Kier alpha value is -4.08. The van der Waals surface area contributed by atoms with Gasteiger partial charge in [0, 0.05) is 12.2 Å². The van der Waals surface area contributed by atoms with Crippen molar-refractivity contribution in [3.63, 3.8) is 0 Å². The molecule has 37 heavy (non-hydrogen) atoms. The summed E-state index contributed by atoms with van der Waals surface area (Å²) in [5.74, 6) is -1.65. The van der Waals surface area contributed by atoms with Crippen LogP contribution in [0.15, 0.2) is 54.6 Å². The number of nitrogens with two attached hydrogens (primary N) is 1. The molecule has 1 saturated heterocycles. The molecular formula is C27H35N5O5. The van der Waals surface area contributed by atoms with Crippen molar-refractivity contribution in [3.05, 3.63) is 60.2 Å². The highest BCUT2D eigenvalue weighted by Gasteiger charge is 2.40. The van der Waals surface area contributed by atoms with Gasteiger partial charge in [-0.25, -0.2) is 0 Å². The third-order valence-corrected chi connectivity index (χ3v) is 6.38. The topological polar surface area (TPSA) is 158 Å². The fourth-order valence-electron chi connectivity index (χ4n) is 4.50. The van der Waals surface area contributed by atoms with E-state index in [1.54, 1.807) is 29.2 Å². The lowest BCUT2D eigenvalue weighted by molar-refractivity contribution is -0.142. The smallest absolute Gasteiger partial charge is 0.304 e. The lowest BCUT2D eigenvalue weighted by Crippen LogP contribution is -2.46. The first-order valence-electron chi connectivity index (χ1n) is 12.5. The lowest BCUT2D eigenvalue weighted by atomic mass is 10.0. The highest BCUT2D eigenvalue weighted by molar-refractivity contribution is 5.97. The standard InChI is InChI=1S/C27H35N5O5/c1-2-23(31-27(28)29)25(35)30-20-10-12-22(13-11-20)37-17-21-15-19(16-24(33)34)26(36)32(21)14-6-9-18-7-4-3-5-8-18/h3-5,7-8,10-13,19,21,23H,2,6,9,14-17H2,1H3,(H,30,35)(H,33,34)(H4,28,29,31)/t19-,21-,23?/m0/s1. The van der Waals surface area contributed by atoms with Gasteiger partial charge in [-0.05, 0) is 55.5 Å². The number of anilines is 1. The molecule has 10 nitrogen and oxygen atoms in total. The Bertz CT molecular complexity index is 1080. The first-order chi connectivity index (χ1) is 17.8. The molecule has 2 aromatic carbocycles. The number of nitrogens with one attached hydrogen (secondary N) is 3. The van der Waals surface area contributed by atoms with Crippen LogP contribution in [0.3, 0.4) is 0 Å². The fraction of sp³-hybridized carbons (Fsp3) is 0.407. The first-order valence-corrected chi connectivity index (χ1v) is 12.5. The number of carboxylic acid groups (broad SMARTS) is 1. The number of ether oxygens (including phenoxy) is 1. The summed E-state index contributed by atoms with van der Waals surface area (Å²) in [6.45, 7) is 2.60. The molecule has 0 saturated carbocycles. The number of carbonyl (C=O) groups excluding carboxylic acids is 2. The van der Waals surface area contributed by atoms with Crippen molar-refractivity contribution in [2.75, 3.05) is 18.5 Å². The third kappa shape index (κ3) is 8.23. The minimum absolute atomic E-state index is 0.133. The van der Waals surface area contributed by atoms with Crippen LogP contribution < -0.4 is 21.1 Å². The second-order valence-electron chi connectivity index (χ2n) is 9.15. The monoisotopic (exact) mass is 509 g/mol. The summed E-state index contributed by atoms with van der Waals surface area (Å²) in [7, 11) is 0.